The quantitative estimate of drug-likeness (QED) is 0.628. The fourth-order valence-electron chi connectivity index (χ4n) is 3.25. The third kappa shape index (κ3) is 3.66. The van der Waals surface area contributed by atoms with E-state index >= 15 is 0 Å². The number of aliphatic hydroxyl groups excluding tert-OH is 1. The molecule has 0 radical (unpaired) electrons. The normalized spacial score (nSPS) is 16.8. The van der Waals surface area contributed by atoms with Gasteiger partial charge in [0.05, 0.1) is 31.6 Å². The largest absolute Gasteiger partial charge is 0.492 e. The first-order valence-corrected chi connectivity index (χ1v) is 8.90. The average molecular weight is 369 g/mol. The molecule has 140 valence electrons. The highest BCUT2D eigenvalue weighted by Crippen LogP contribution is 2.32. The highest BCUT2D eigenvalue weighted by atomic mass is 16.5. The molecule has 8 nitrogen and oxygen atoms in total. The van der Waals surface area contributed by atoms with E-state index in [0.29, 0.717) is 23.7 Å². The molecule has 1 amide bonds. The van der Waals surface area contributed by atoms with E-state index in [2.05, 4.69) is 15.3 Å². The third-order valence-corrected chi connectivity index (χ3v) is 4.98. The molecule has 0 unspecified atom stereocenters. The van der Waals surface area contributed by atoms with Crippen LogP contribution in [0.4, 0.5) is 0 Å². The van der Waals surface area contributed by atoms with E-state index in [1.807, 2.05) is 13.0 Å². The molecule has 0 bridgehead atoms. The number of ether oxygens (including phenoxy) is 1. The standard InChI is InChI=1S/C18H20BN3O5/c1-10-15(5-4-12-9-26-19(25)17(10)12)27-16-7-20-13(6-21-16)18(24)22-14(8-23)11-2-3-11/h4-7,11,14,23,25H,2-3,8-9H2,1H3,(H,22,24)/t14-/m0/s1. The number of carbonyl (C=O) groups excluding carboxylic acids is 1. The zero-order chi connectivity index (χ0) is 19.0. The summed E-state index contributed by atoms with van der Waals surface area (Å²) < 4.78 is 11.0. The lowest BCUT2D eigenvalue weighted by atomic mass is 9.76. The molecule has 1 fully saturated rings. The molecule has 1 aromatic heterocycles. The number of aliphatic hydroxyl groups is 1. The van der Waals surface area contributed by atoms with E-state index < -0.39 is 7.12 Å². The summed E-state index contributed by atoms with van der Waals surface area (Å²) in [5.41, 5.74) is 2.58. The molecule has 27 heavy (non-hydrogen) atoms. The van der Waals surface area contributed by atoms with Crippen LogP contribution in [0.2, 0.25) is 0 Å². The summed E-state index contributed by atoms with van der Waals surface area (Å²) in [5.74, 6) is 0.758. The van der Waals surface area contributed by atoms with Crippen LogP contribution in [0.5, 0.6) is 11.6 Å². The summed E-state index contributed by atoms with van der Waals surface area (Å²) in [4.78, 5) is 20.5. The van der Waals surface area contributed by atoms with E-state index in [-0.39, 0.29) is 30.1 Å². The number of hydrogen-bond donors (Lipinski definition) is 3. The summed E-state index contributed by atoms with van der Waals surface area (Å²) >= 11 is 0. The number of aromatic nitrogens is 2. The van der Waals surface area contributed by atoms with Gasteiger partial charge in [0.25, 0.3) is 5.91 Å². The summed E-state index contributed by atoms with van der Waals surface area (Å²) in [6.07, 6.45) is 4.75. The van der Waals surface area contributed by atoms with Crippen molar-refractivity contribution in [1.29, 1.82) is 0 Å². The fraction of sp³-hybridized carbons (Fsp3) is 0.389. The van der Waals surface area contributed by atoms with E-state index in [1.54, 1.807) is 6.07 Å². The predicted octanol–water partition coefficient (Wildman–Crippen LogP) is 0.296. The summed E-state index contributed by atoms with van der Waals surface area (Å²) in [5, 5.41) is 22.1. The lowest BCUT2D eigenvalue weighted by Gasteiger charge is -2.15. The minimum atomic E-state index is -0.952. The van der Waals surface area contributed by atoms with Gasteiger partial charge in [-0.05, 0) is 48.3 Å². The highest BCUT2D eigenvalue weighted by Gasteiger charge is 2.32. The summed E-state index contributed by atoms with van der Waals surface area (Å²) in [6.45, 7) is 2.13. The molecule has 9 heteroatoms. The molecule has 0 saturated heterocycles. The maximum atomic E-state index is 12.2. The number of rotatable bonds is 6. The molecule has 1 aromatic carbocycles. The molecule has 1 atom stereocenters. The number of nitrogens with zero attached hydrogens (tertiary/aromatic N) is 2. The van der Waals surface area contributed by atoms with Crippen molar-refractivity contribution in [2.45, 2.75) is 32.4 Å². The highest BCUT2D eigenvalue weighted by molar-refractivity contribution is 6.62. The van der Waals surface area contributed by atoms with Crippen LogP contribution in [0.15, 0.2) is 24.5 Å². The van der Waals surface area contributed by atoms with E-state index in [1.165, 1.54) is 12.4 Å². The van der Waals surface area contributed by atoms with Crippen molar-refractivity contribution in [3.05, 3.63) is 41.3 Å². The van der Waals surface area contributed by atoms with Crippen molar-refractivity contribution in [2.24, 2.45) is 5.92 Å². The number of amides is 1. The molecule has 2 aliphatic rings. The zero-order valence-electron chi connectivity index (χ0n) is 14.9. The second-order valence-corrected chi connectivity index (χ2v) is 6.87. The van der Waals surface area contributed by atoms with Gasteiger partial charge in [-0.1, -0.05) is 6.07 Å². The van der Waals surface area contributed by atoms with Crippen molar-refractivity contribution in [2.75, 3.05) is 6.61 Å². The monoisotopic (exact) mass is 369 g/mol. The Bertz CT molecular complexity index is 857. The van der Waals surface area contributed by atoms with Gasteiger partial charge in [-0.15, -0.1) is 0 Å². The van der Waals surface area contributed by atoms with Crippen molar-refractivity contribution >= 4 is 18.5 Å². The smallest absolute Gasteiger partial charge is 0.437 e. The fourth-order valence-corrected chi connectivity index (χ4v) is 3.25. The topological polar surface area (TPSA) is 114 Å². The molecule has 2 heterocycles. The van der Waals surface area contributed by atoms with Gasteiger partial charge in [0, 0.05) is 0 Å². The first kappa shape index (κ1) is 17.9. The number of fused-ring (bicyclic) bond motifs is 1. The Hall–Kier alpha value is -2.49. The molecule has 1 aliphatic heterocycles. The Kier molecular flexibility index (Phi) is 4.82. The van der Waals surface area contributed by atoms with Crippen LogP contribution in [0.1, 0.15) is 34.5 Å². The third-order valence-electron chi connectivity index (χ3n) is 4.98. The van der Waals surface area contributed by atoms with Gasteiger partial charge < -0.3 is 24.8 Å². The Morgan fingerprint density at radius 1 is 1.41 bits per heavy atom. The van der Waals surface area contributed by atoms with Gasteiger partial charge in [-0.2, -0.15) is 0 Å². The van der Waals surface area contributed by atoms with Crippen LogP contribution in [-0.4, -0.2) is 45.8 Å². The van der Waals surface area contributed by atoms with Crippen LogP contribution < -0.4 is 15.5 Å². The number of benzene rings is 1. The SMILES string of the molecule is Cc1c(Oc2cnc(C(=O)N[C@@H](CO)C3CC3)cn2)ccc2c1B(O)OC2. The lowest BCUT2D eigenvalue weighted by molar-refractivity contribution is 0.0902. The molecule has 0 spiro atoms. The molecule has 1 aliphatic carbocycles. The summed E-state index contributed by atoms with van der Waals surface area (Å²) in [6, 6.07) is 3.40. The molecule has 4 rings (SSSR count). The Balaban J connectivity index is 1.45. The Labute approximate surface area is 156 Å². The first-order valence-electron chi connectivity index (χ1n) is 8.90. The number of hydrogen-bond acceptors (Lipinski definition) is 7. The minimum Gasteiger partial charge on any atom is -0.437 e. The maximum Gasteiger partial charge on any atom is 0.492 e. The van der Waals surface area contributed by atoms with Crippen LogP contribution in [0.3, 0.4) is 0 Å². The van der Waals surface area contributed by atoms with Crippen LogP contribution in [0.25, 0.3) is 0 Å². The van der Waals surface area contributed by atoms with Gasteiger partial charge in [0.1, 0.15) is 11.4 Å². The van der Waals surface area contributed by atoms with Gasteiger partial charge in [0.15, 0.2) is 0 Å². The second-order valence-electron chi connectivity index (χ2n) is 6.87. The van der Waals surface area contributed by atoms with Crippen molar-refractivity contribution in [3.8, 4) is 11.6 Å². The average Bonchev–Trinajstić information content (AvgIpc) is 3.45. The van der Waals surface area contributed by atoms with Crippen molar-refractivity contribution in [3.63, 3.8) is 0 Å². The van der Waals surface area contributed by atoms with E-state index in [4.69, 9.17) is 9.39 Å². The molecule has 1 saturated carbocycles. The first-order chi connectivity index (χ1) is 13.1. The lowest BCUT2D eigenvalue weighted by Crippen LogP contribution is -2.39. The van der Waals surface area contributed by atoms with E-state index in [0.717, 1.165) is 24.0 Å². The molecule has 2 aromatic rings. The Morgan fingerprint density at radius 2 is 2.22 bits per heavy atom. The molecular formula is C18H20BN3O5. The Morgan fingerprint density at radius 3 is 2.89 bits per heavy atom. The van der Waals surface area contributed by atoms with Gasteiger partial charge in [-0.3, -0.25) is 4.79 Å². The van der Waals surface area contributed by atoms with Crippen LogP contribution >= 0.6 is 0 Å². The minimum absolute atomic E-state index is 0.0851. The molecular weight excluding hydrogens is 349 g/mol. The van der Waals surface area contributed by atoms with Gasteiger partial charge in [-0.25, -0.2) is 9.97 Å². The maximum absolute atomic E-state index is 12.2. The van der Waals surface area contributed by atoms with Crippen molar-refractivity contribution < 1.29 is 24.3 Å². The van der Waals surface area contributed by atoms with Gasteiger partial charge >= 0.3 is 7.12 Å². The van der Waals surface area contributed by atoms with Gasteiger partial charge in [0.2, 0.25) is 5.88 Å². The number of carbonyl (C=O) groups is 1. The van der Waals surface area contributed by atoms with Crippen molar-refractivity contribution in [1.82, 2.24) is 15.3 Å². The second kappa shape index (κ2) is 7.26. The van der Waals surface area contributed by atoms with Crippen LogP contribution in [-0.2, 0) is 11.3 Å². The molecule has 3 N–H and O–H groups in total. The van der Waals surface area contributed by atoms with E-state index in [9.17, 15) is 14.9 Å². The predicted molar refractivity (Wildman–Crippen MR) is 96.7 cm³/mol. The van der Waals surface area contributed by atoms with Crippen LogP contribution in [0, 0.1) is 12.8 Å². The number of nitrogens with one attached hydrogen (secondary N) is 1. The summed E-state index contributed by atoms with van der Waals surface area (Å²) in [7, 11) is -0.952. The zero-order valence-corrected chi connectivity index (χ0v) is 14.9.